The van der Waals surface area contributed by atoms with Gasteiger partial charge in [0, 0.05) is 10.0 Å². The van der Waals surface area contributed by atoms with Gasteiger partial charge >= 0.3 is 0 Å². The molecule has 0 fully saturated rings. The van der Waals surface area contributed by atoms with Crippen molar-refractivity contribution >= 4 is 15.9 Å². The van der Waals surface area contributed by atoms with Crippen LogP contribution >= 0.6 is 15.9 Å². The lowest BCUT2D eigenvalue weighted by molar-refractivity contribution is -0.124. The van der Waals surface area contributed by atoms with Gasteiger partial charge in [0.25, 0.3) is 0 Å². The van der Waals surface area contributed by atoms with Crippen LogP contribution in [0.1, 0.15) is 23.3 Å². The summed E-state index contributed by atoms with van der Waals surface area (Å²) in [5, 5.41) is 26.3. The van der Waals surface area contributed by atoms with E-state index in [1.54, 1.807) is 16.8 Å². The van der Waals surface area contributed by atoms with E-state index in [9.17, 15) is 10.2 Å². The van der Waals surface area contributed by atoms with E-state index in [-0.39, 0.29) is 6.54 Å². The summed E-state index contributed by atoms with van der Waals surface area (Å²) in [4.78, 5) is 3.94. The van der Waals surface area contributed by atoms with Gasteiger partial charge < -0.3 is 14.9 Å². The van der Waals surface area contributed by atoms with E-state index in [0.717, 1.165) is 4.47 Å². The van der Waals surface area contributed by atoms with E-state index in [4.69, 9.17) is 4.74 Å². The van der Waals surface area contributed by atoms with Gasteiger partial charge in [-0.2, -0.15) is 5.10 Å². The van der Waals surface area contributed by atoms with Gasteiger partial charge in [-0.25, -0.2) is 9.67 Å². The van der Waals surface area contributed by atoms with Gasteiger partial charge in [0.05, 0.1) is 6.54 Å². The molecule has 0 saturated heterocycles. The van der Waals surface area contributed by atoms with Crippen molar-refractivity contribution in [3.05, 3.63) is 76.8 Å². The molecule has 0 radical (unpaired) electrons. The first-order valence-electron chi connectivity index (χ1n) is 7.82. The predicted molar refractivity (Wildman–Crippen MR) is 93.9 cm³/mol. The number of ether oxygens (including phenoxy) is 1. The van der Waals surface area contributed by atoms with Crippen LogP contribution in [0, 0.1) is 0 Å². The molecule has 25 heavy (non-hydrogen) atoms. The Hall–Kier alpha value is -2.22. The van der Waals surface area contributed by atoms with Gasteiger partial charge in [-0.1, -0.05) is 46.3 Å². The molecule has 6 nitrogen and oxygen atoms in total. The van der Waals surface area contributed by atoms with Crippen LogP contribution in [0.5, 0.6) is 5.75 Å². The van der Waals surface area contributed by atoms with Crippen LogP contribution < -0.4 is 4.74 Å². The Morgan fingerprint density at radius 1 is 1.24 bits per heavy atom. The molecular formula is C18H16BrN3O3. The maximum atomic E-state index is 11.1. The van der Waals surface area contributed by atoms with E-state index in [1.165, 1.54) is 12.7 Å². The van der Waals surface area contributed by atoms with Crippen molar-refractivity contribution in [1.29, 1.82) is 0 Å². The second-order valence-electron chi connectivity index (χ2n) is 6.05. The van der Waals surface area contributed by atoms with Crippen LogP contribution in [0.25, 0.3) is 0 Å². The van der Waals surface area contributed by atoms with Gasteiger partial charge in [-0.15, -0.1) is 0 Å². The number of aromatic nitrogens is 3. The molecule has 0 spiro atoms. The Kier molecular flexibility index (Phi) is 4.07. The van der Waals surface area contributed by atoms with Crippen molar-refractivity contribution < 1.29 is 14.9 Å². The summed E-state index contributed by atoms with van der Waals surface area (Å²) in [5.74, 6) is 0.547. The molecule has 4 rings (SSSR count). The highest BCUT2D eigenvalue weighted by Crippen LogP contribution is 2.50. The maximum absolute atomic E-state index is 11.1. The topological polar surface area (TPSA) is 80.4 Å². The van der Waals surface area contributed by atoms with E-state index in [0.29, 0.717) is 16.9 Å². The number of fused-ring (bicyclic) bond motifs is 1. The number of nitrogens with zero attached hydrogens (tertiary/aromatic N) is 3. The lowest BCUT2D eigenvalue weighted by Gasteiger charge is -2.36. The number of hydrogen-bond acceptors (Lipinski definition) is 5. The molecule has 7 heteroatoms. The van der Waals surface area contributed by atoms with Crippen LogP contribution in [0.3, 0.4) is 0 Å². The molecule has 1 aromatic heterocycles. The third-order valence-corrected chi connectivity index (χ3v) is 4.98. The Bertz CT molecular complexity index is 873. The first-order valence-corrected chi connectivity index (χ1v) is 8.61. The van der Waals surface area contributed by atoms with Gasteiger partial charge in [0.2, 0.25) is 0 Å². The third kappa shape index (κ3) is 2.74. The monoisotopic (exact) mass is 401 g/mol. The van der Waals surface area contributed by atoms with Crippen LogP contribution in [0.15, 0.2) is 65.7 Å². The second kappa shape index (κ2) is 6.25. The Labute approximate surface area is 152 Å². The molecule has 2 heterocycles. The van der Waals surface area contributed by atoms with Gasteiger partial charge in [0.1, 0.15) is 30.6 Å². The second-order valence-corrected chi connectivity index (χ2v) is 6.96. The molecule has 3 aromatic rings. The van der Waals surface area contributed by atoms with Crippen LogP contribution in [-0.2, 0) is 6.54 Å². The molecule has 2 N–H and O–H groups in total. The smallest absolute Gasteiger partial charge is 0.188 e. The summed E-state index contributed by atoms with van der Waals surface area (Å²) in [7, 11) is 0. The van der Waals surface area contributed by atoms with Crippen LogP contribution in [0.4, 0.5) is 0 Å². The number of aliphatic hydroxyl groups excluding tert-OH is 2. The Morgan fingerprint density at radius 2 is 2.04 bits per heavy atom. The molecule has 0 unspecified atom stereocenters. The number of benzene rings is 2. The molecule has 128 valence electrons. The summed E-state index contributed by atoms with van der Waals surface area (Å²) in [5.41, 5.74) is -0.0175. The number of rotatable bonds is 4. The molecule has 3 atom stereocenters. The molecular weight excluding hydrogens is 386 g/mol. The van der Waals surface area contributed by atoms with Crippen LogP contribution in [0.2, 0.25) is 0 Å². The van der Waals surface area contributed by atoms with Gasteiger partial charge in [-0.3, -0.25) is 0 Å². The normalized spacial score (nSPS) is 23.1. The highest BCUT2D eigenvalue weighted by atomic mass is 79.9. The molecule has 2 aromatic carbocycles. The fourth-order valence-corrected chi connectivity index (χ4v) is 3.62. The fourth-order valence-electron chi connectivity index (χ4n) is 3.25. The summed E-state index contributed by atoms with van der Waals surface area (Å²) in [6.07, 6.45) is 0.862. The van der Waals surface area contributed by atoms with E-state index in [1.807, 2.05) is 36.4 Å². The Balaban J connectivity index is 1.80. The first-order chi connectivity index (χ1) is 12.1. The van der Waals surface area contributed by atoms with Crippen molar-refractivity contribution in [3.63, 3.8) is 0 Å². The number of aliphatic hydroxyl groups is 2. The zero-order chi connectivity index (χ0) is 17.4. The average molecular weight is 402 g/mol. The van der Waals surface area contributed by atoms with Crippen LogP contribution in [-0.4, -0.2) is 30.6 Å². The fraction of sp³-hybridized carbons (Fsp3) is 0.222. The number of hydrogen-bond donors (Lipinski definition) is 2. The van der Waals surface area contributed by atoms with Crippen molar-refractivity contribution in [1.82, 2.24) is 14.8 Å². The summed E-state index contributed by atoms with van der Waals surface area (Å²) in [6, 6.07) is 14.6. The van der Waals surface area contributed by atoms with Crippen molar-refractivity contribution in [2.24, 2.45) is 0 Å². The first kappa shape index (κ1) is 16.3. The lowest BCUT2D eigenvalue weighted by atomic mass is 9.84. The van der Waals surface area contributed by atoms with E-state index < -0.39 is 17.8 Å². The SMILES string of the molecule is O[C@H](c1ccccc1)[C@]1(Cn2cncn2)Oc2ccc(Br)cc2[C@H]1O. The minimum atomic E-state index is -1.31. The quantitative estimate of drug-likeness (QED) is 0.702. The van der Waals surface area contributed by atoms with E-state index >= 15 is 0 Å². The predicted octanol–water partition coefficient (Wildman–Crippen LogP) is 2.64. The molecule has 0 bridgehead atoms. The number of halogens is 1. The summed E-state index contributed by atoms with van der Waals surface area (Å²) >= 11 is 3.42. The van der Waals surface area contributed by atoms with Gasteiger partial charge in [0.15, 0.2) is 5.60 Å². The van der Waals surface area contributed by atoms with Crippen molar-refractivity contribution in [2.45, 2.75) is 24.4 Å². The standard InChI is InChI=1S/C18H16BrN3O3/c19-13-6-7-15-14(8-13)17(24)18(25-15,9-22-11-20-10-21-22)16(23)12-4-2-1-3-5-12/h1-8,10-11,16-17,23-24H,9H2/t16-,17-,18+/m1/s1. The zero-order valence-corrected chi connectivity index (χ0v) is 14.7. The molecule has 0 saturated carbocycles. The summed E-state index contributed by atoms with van der Waals surface area (Å²) in [6.45, 7) is 0.149. The summed E-state index contributed by atoms with van der Waals surface area (Å²) < 4.78 is 8.53. The lowest BCUT2D eigenvalue weighted by Crippen LogP contribution is -2.48. The minimum absolute atomic E-state index is 0.149. The molecule has 1 aliphatic heterocycles. The minimum Gasteiger partial charge on any atom is -0.479 e. The largest absolute Gasteiger partial charge is 0.479 e. The molecule has 1 aliphatic rings. The van der Waals surface area contributed by atoms with Gasteiger partial charge in [-0.05, 0) is 23.8 Å². The maximum Gasteiger partial charge on any atom is 0.188 e. The van der Waals surface area contributed by atoms with E-state index in [2.05, 4.69) is 26.0 Å². The highest BCUT2D eigenvalue weighted by molar-refractivity contribution is 9.10. The zero-order valence-electron chi connectivity index (χ0n) is 13.2. The average Bonchev–Trinajstić information content (AvgIpc) is 3.23. The Morgan fingerprint density at radius 3 is 2.76 bits per heavy atom. The van der Waals surface area contributed by atoms with Crippen molar-refractivity contribution in [2.75, 3.05) is 0 Å². The molecule has 0 aliphatic carbocycles. The highest BCUT2D eigenvalue weighted by Gasteiger charge is 2.54. The third-order valence-electron chi connectivity index (χ3n) is 4.48. The molecule has 0 amide bonds. The van der Waals surface area contributed by atoms with Crippen molar-refractivity contribution in [3.8, 4) is 5.75 Å².